The van der Waals surface area contributed by atoms with Gasteiger partial charge in [0.25, 0.3) is 10.1 Å². The lowest BCUT2D eigenvalue weighted by Crippen LogP contribution is -2.34. The summed E-state index contributed by atoms with van der Waals surface area (Å²) >= 11 is 17.8. The van der Waals surface area contributed by atoms with Gasteiger partial charge in [0.2, 0.25) is 3.79 Å². The Hall–Kier alpha value is -0.000000000000000167. The Morgan fingerprint density at radius 2 is 1.71 bits per heavy atom. The van der Waals surface area contributed by atoms with E-state index in [4.69, 9.17) is 39.0 Å². The molecule has 0 spiro atoms. The van der Waals surface area contributed by atoms with Gasteiger partial charge in [-0.1, -0.05) is 66.3 Å². The highest BCUT2D eigenvalue weighted by molar-refractivity contribution is 7.86. The molecule has 2 rings (SSSR count). The van der Waals surface area contributed by atoms with Crippen molar-refractivity contribution in [3.05, 3.63) is 29.8 Å². The van der Waals surface area contributed by atoms with Crippen molar-refractivity contribution < 1.29 is 12.6 Å². The van der Waals surface area contributed by atoms with Crippen molar-refractivity contribution in [3.63, 3.8) is 0 Å². The standard InChI is InChI=1S/C14H17Cl3O3S/c1-9-4-6-10(7-5-9)21(18,19)20-12(14(15,16)17)11-8-13(11,2)3/h4-7,11-12H,8H2,1-3H3. The van der Waals surface area contributed by atoms with Gasteiger partial charge in [-0.05, 0) is 36.8 Å². The van der Waals surface area contributed by atoms with E-state index in [1.54, 1.807) is 12.1 Å². The second-order valence-corrected chi connectivity index (χ2v) is 10.1. The van der Waals surface area contributed by atoms with Gasteiger partial charge in [0, 0.05) is 0 Å². The molecule has 0 aliphatic heterocycles. The summed E-state index contributed by atoms with van der Waals surface area (Å²) in [7, 11) is -3.97. The van der Waals surface area contributed by atoms with Gasteiger partial charge in [0.15, 0.2) is 0 Å². The average molecular weight is 372 g/mol. The van der Waals surface area contributed by atoms with Crippen LogP contribution < -0.4 is 0 Å². The lowest BCUT2D eigenvalue weighted by Gasteiger charge is -2.25. The molecule has 0 radical (unpaired) electrons. The molecule has 7 heteroatoms. The number of aryl methyl sites for hydroxylation is 1. The van der Waals surface area contributed by atoms with E-state index in [1.165, 1.54) is 12.1 Å². The SMILES string of the molecule is Cc1ccc(S(=O)(=O)OC(C2CC2(C)C)C(Cl)(Cl)Cl)cc1. The molecule has 1 saturated carbocycles. The fourth-order valence-corrected chi connectivity index (χ4v) is 4.15. The molecule has 2 unspecified atom stereocenters. The molecular weight excluding hydrogens is 355 g/mol. The Morgan fingerprint density at radius 1 is 1.24 bits per heavy atom. The highest BCUT2D eigenvalue weighted by Gasteiger charge is 2.58. The number of hydrogen-bond acceptors (Lipinski definition) is 3. The van der Waals surface area contributed by atoms with E-state index >= 15 is 0 Å². The minimum atomic E-state index is -3.97. The Bertz CT molecular complexity index is 618. The maximum Gasteiger partial charge on any atom is 0.297 e. The summed E-state index contributed by atoms with van der Waals surface area (Å²) in [5, 5.41) is 0. The van der Waals surface area contributed by atoms with Gasteiger partial charge in [0.05, 0.1) is 4.90 Å². The van der Waals surface area contributed by atoms with E-state index < -0.39 is 20.0 Å². The largest absolute Gasteiger partial charge is 0.297 e. The number of alkyl halides is 3. The minimum Gasteiger partial charge on any atom is -0.258 e. The molecule has 2 atom stereocenters. The van der Waals surface area contributed by atoms with Crippen molar-refractivity contribution >= 4 is 44.9 Å². The third-order valence-corrected chi connectivity index (χ3v) is 5.77. The molecule has 1 aromatic rings. The highest BCUT2D eigenvalue weighted by Crippen LogP contribution is 2.58. The summed E-state index contributed by atoms with van der Waals surface area (Å²) in [5.74, 6) is -0.106. The van der Waals surface area contributed by atoms with E-state index in [-0.39, 0.29) is 16.2 Å². The zero-order valence-corrected chi connectivity index (χ0v) is 15.0. The van der Waals surface area contributed by atoms with Crippen LogP contribution in [0.2, 0.25) is 0 Å². The maximum absolute atomic E-state index is 12.3. The number of halogens is 3. The first-order valence-electron chi connectivity index (χ1n) is 6.50. The fourth-order valence-electron chi connectivity index (χ4n) is 2.27. The van der Waals surface area contributed by atoms with Crippen LogP contribution in [-0.4, -0.2) is 18.3 Å². The molecule has 0 amide bonds. The molecule has 21 heavy (non-hydrogen) atoms. The number of rotatable bonds is 4. The Morgan fingerprint density at radius 3 is 2.10 bits per heavy atom. The van der Waals surface area contributed by atoms with E-state index in [0.717, 1.165) is 12.0 Å². The Kier molecular flexibility index (Phi) is 4.60. The molecule has 0 aromatic heterocycles. The molecule has 0 bridgehead atoms. The summed E-state index contributed by atoms with van der Waals surface area (Å²) in [6.45, 7) is 5.85. The van der Waals surface area contributed by atoms with Crippen LogP contribution >= 0.6 is 34.8 Å². The van der Waals surface area contributed by atoms with Crippen LogP contribution in [-0.2, 0) is 14.3 Å². The maximum atomic E-state index is 12.3. The number of benzene rings is 1. The second kappa shape index (κ2) is 5.57. The van der Waals surface area contributed by atoms with Crippen molar-refractivity contribution in [2.24, 2.45) is 11.3 Å². The van der Waals surface area contributed by atoms with Crippen molar-refractivity contribution in [2.75, 3.05) is 0 Å². The zero-order valence-electron chi connectivity index (χ0n) is 11.9. The van der Waals surface area contributed by atoms with E-state index in [9.17, 15) is 8.42 Å². The molecular formula is C14H17Cl3O3S. The van der Waals surface area contributed by atoms with E-state index in [2.05, 4.69) is 0 Å². The first kappa shape index (κ1) is 17.4. The molecule has 3 nitrogen and oxygen atoms in total. The Balaban J connectivity index is 2.26. The monoisotopic (exact) mass is 370 g/mol. The van der Waals surface area contributed by atoms with Crippen molar-refractivity contribution in [1.82, 2.24) is 0 Å². The molecule has 0 saturated heterocycles. The molecule has 1 aromatic carbocycles. The highest BCUT2D eigenvalue weighted by atomic mass is 35.6. The Labute approximate surface area is 140 Å². The summed E-state index contributed by atoms with van der Waals surface area (Å²) < 4.78 is 28.2. The third-order valence-electron chi connectivity index (χ3n) is 3.82. The lowest BCUT2D eigenvalue weighted by atomic mass is 10.1. The quantitative estimate of drug-likeness (QED) is 0.578. The van der Waals surface area contributed by atoms with Gasteiger partial charge in [-0.15, -0.1) is 0 Å². The van der Waals surface area contributed by atoms with Crippen LogP contribution in [0.15, 0.2) is 29.2 Å². The predicted molar refractivity (Wildman–Crippen MR) is 85.4 cm³/mol. The topological polar surface area (TPSA) is 43.4 Å². The van der Waals surface area contributed by atoms with E-state index in [1.807, 2.05) is 20.8 Å². The first-order valence-corrected chi connectivity index (χ1v) is 9.04. The van der Waals surface area contributed by atoms with Gasteiger partial charge in [0.1, 0.15) is 6.10 Å². The van der Waals surface area contributed by atoms with Crippen LogP contribution in [0.25, 0.3) is 0 Å². The molecule has 1 aliphatic rings. The van der Waals surface area contributed by atoms with Crippen LogP contribution in [0.3, 0.4) is 0 Å². The van der Waals surface area contributed by atoms with Gasteiger partial charge in [-0.25, -0.2) is 0 Å². The lowest BCUT2D eigenvalue weighted by molar-refractivity contribution is 0.173. The summed E-state index contributed by atoms with van der Waals surface area (Å²) in [5.41, 5.74) is 0.868. The van der Waals surface area contributed by atoms with Gasteiger partial charge >= 0.3 is 0 Å². The molecule has 1 fully saturated rings. The second-order valence-electron chi connectivity index (χ2n) is 6.12. The van der Waals surface area contributed by atoms with Crippen LogP contribution in [0.4, 0.5) is 0 Å². The van der Waals surface area contributed by atoms with E-state index in [0.29, 0.717) is 0 Å². The van der Waals surface area contributed by atoms with Crippen molar-refractivity contribution in [1.29, 1.82) is 0 Å². The summed E-state index contributed by atoms with van der Waals surface area (Å²) in [4.78, 5) is 0.0609. The first-order chi connectivity index (χ1) is 9.43. The van der Waals surface area contributed by atoms with Crippen LogP contribution in [0.5, 0.6) is 0 Å². The average Bonchev–Trinajstić information content (AvgIpc) is 2.94. The normalized spacial score (nSPS) is 22.9. The van der Waals surface area contributed by atoms with Crippen LogP contribution in [0, 0.1) is 18.3 Å². The number of hydrogen-bond donors (Lipinski definition) is 0. The minimum absolute atomic E-state index is 0.0609. The molecule has 118 valence electrons. The molecule has 0 heterocycles. The van der Waals surface area contributed by atoms with Gasteiger partial charge in [-0.2, -0.15) is 8.42 Å². The van der Waals surface area contributed by atoms with Crippen molar-refractivity contribution in [3.8, 4) is 0 Å². The molecule has 1 aliphatic carbocycles. The van der Waals surface area contributed by atoms with Gasteiger partial charge in [-0.3, -0.25) is 4.18 Å². The molecule has 0 N–H and O–H groups in total. The smallest absolute Gasteiger partial charge is 0.258 e. The summed E-state index contributed by atoms with van der Waals surface area (Å²) in [6.07, 6.45) is -0.238. The zero-order chi connectivity index (χ0) is 16.1. The van der Waals surface area contributed by atoms with Gasteiger partial charge < -0.3 is 0 Å². The predicted octanol–water partition coefficient (Wildman–Crippen LogP) is 4.49. The van der Waals surface area contributed by atoms with Crippen LogP contribution in [0.1, 0.15) is 25.8 Å². The van der Waals surface area contributed by atoms with Crippen molar-refractivity contribution in [2.45, 2.75) is 42.0 Å². The third kappa shape index (κ3) is 4.05. The fraction of sp³-hybridized carbons (Fsp3) is 0.571. The summed E-state index contributed by atoms with van der Waals surface area (Å²) in [6, 6.07) is 6.36.